The Hall–Kier alpha value is -5.22. The zero-order valence-electron chi connectivity index (χ0n) is 37.6. The maximum atomic E-state index is 15.9. The highest BCUT2D eigenvalue weighted by molar-refractivity contribution is 7.90. The molecule has 2 aliphatic carbocycles. The van der Waals surface area contributed by atoms with Crippen molar-refractivity contribution in [2.45, 2.75) is 116 Å². The van der Waals surface area contributed by atoms with E-state index >= 15 is 8.78 Å². The summed E-state index contributed by atoms with van der Waals surface area (Å²) < 4.78 is 135. The molecule has 2 fully saturated rings. The molecule has 0 spiro atoms. The summed E-state index contributed by atoms with van der Waals surface area (Å²) in [6, 6.07) is 11.6. The first-order chi connectivity index (χ1) is 30.7. The van der Waals surface area contributed by atoms with Gasteiger partial charge in [0.25, 0.3) is 0 Å². The number of fused-ring (bicyclic) bond motifs is 2. The smallest absolute Gasteiger partial charge is 0.347 e. The van der Waals surface area contributed by atoms with Crippen LogP contribution in [-0.4, -0.2) is 46.4 Å². The number of hydrogen-bond acceptors (Lipinski definition) is 7. The second-order valence-corrected chi connectivity index (χ2v) is 24.0. The third-order valence-electron chi connectivity index (χ3n) is 12.4. The average molecular weight is 950 g/mol. The predicted molar refractivity (Wildman–Crippen MR) is 244 cm³/mol. The summed E-state index contributed by atoms with van der Waals surface area (Å²) in [6.07, 6.45) is 3.35. The summed E-state index contributed by atoms with van der Waals surface area (Å²) >= 11 is 0. The summed E-state index contributed by atoms with van der Waals surface area (Å²) in [6.45, 7) is 14.5. The van der Waals surface area contributed by atoms with E-state index in [2.05, 4.69) is 40.2 Å². The average Bonchev–Trinajstić information content (AvgIpc) is 4.15. The summed E-state index contributed by atoms with van der Waals surface area (Å²) in [7, 11) is -7.52. The van der Waals surface area contributed by atoms with E-state index in [1.165, 1.54) is 30.5 Å². The summed E-state index contributed by atoms with van der Waals surface area (Å²) in [4.78, 5) is 7.63. The third kappa shape index (κ3) is 9.90. The van der Waals surface area contributed by atoms with Gasteiger partial charge >= 0.3 is 6.18 Å². The van der Waals surface area contributed by atoms with Crippen molar-refractivity contribution >= 4 is 41.9 Å². The molecule has 0 amide bonds. The molecule has 350 valence electrons. The van der Waals surface area contributed by atoms with Crippen molar-refractivity contribution < 1.29 is 38.8 Å². The number of nitriles is 1. The number of nitrogens with one attached hydrogen (secondary N) is 2. The highest BCUT2D eigenvalue weighted by Gasteiger charge is 2.49. The van der Waals surface area contributed by atoms with Gasteiger partial charge in [-0.05, 0) is 110 Å². The molecule has 0 saturated heterocycles. The van der Waals surface area contributed by atoms with Crippen LogP contribution in [0, 0.1) is 39.7 Å². The molecule has 0 radical (unpaired) electrons. The molecule has 0 aliphatic heterocycles. The number of pyridine rings is 2. The van der Waals surface area contributed by atoms with Gasteiger partial charge in [0.05, 0.1) is 10.5 Å². The number of sulfonamides is 2. The fourth-order valence-electron chi connectivity index (χ4n) is 9.15. The molecular weight excluding hydrogens is 898 g/mol. The lowest BCUT2D eigenvalue weighted by molar-refractivity contribution is -0.141. The molecule has 2 aromatic carbocycles. The molecule has 66 heavy (non-hydrogen) atoms. The first-order valence-corrected chi connectivity index (χ1v) is 24.9. The van der Waals surface area contributed by atoms with E-state index in [1.807, 2.05) is 35.2 Å². The molecule has 4 aromatic heterocycles. The van der Waals surface area contributed by atoms with Crippen molar-refractivity contribution in [2.24, 2.45) is 16.7 Å². The number of halogens is 5. The van der Waals surface area contributed by atoms with Gasteiger partial charge < -0.3 is 9.13 Å². The van der Waals surface area contributed by atoms with Crippen LogP contribution in [-0.2, 0) is 39.3 Å². The van der Waals surface area contributed by atoms with Crippen molar-refractivity contribution in [3.05, 3.63) is 107 Å². The maximum absolute atomic E-state index is 15.9. The number of rotatable bonds is 15. The molecule has 4 heterocycles. The van der Waals surface area contributed by atoms with Crippen LogP contribution in [0.5, 0.6) is 0 Å². The molecular formula is C48H52F5N7O4S2. The van der Waals surface area contributed by atoms with Crippen LogP contribution in [0.15, 0.2) is 73.3 Å². The van der Waals surface area contributed by atoms with Crippen LogP contribution < -0.4 is 9.44 Å². The SMILES string of the molecule is CC(NS(=O)(=O)C1CC1)c1cn(CC(C)(C)CC2CC2S(=O)(=O)NC(C)c2cn(CC(C)(C)C)c3cc(-c4ccc(C#N)nc4)c(F)cc23)c2cc(-c3ccc(C(F)(F)F)nc3)c(F)cc12. The molecule has 11 nitrogen and oxygen atoms in total. The van der Waals surface area contributed by atoms with Crippen molar-refractivity contribution in [1.29, 1.82) is 5.26 Å². The zero-order valence-corrected chi connectivity index (χ0v) is 39.3. The zero-order chi connectivity index (χ0) is 47.9. The van der Waals surface area contributed by atoms with E-state index in [0.717, 1.165) is 23.8 Å². The Morgan fingerprint density at radius 1 is 0.758 bits per heavy atom. The monoisotopic (exact) mass is 949 g/mol. The van der Waals surface area contributed by atoms with Gasteiger partial charge in [-0.15, -0.1) is 0 Å². The number of hydrogen-bond donors (Lipinski definition) is 2. The van der Waals surface area contributed by atoms with E-state index in [4.69, 9.17) is 0 Å². The van der Waals surface area contributed by atoms with Gasteiger partial charge in [-0.2, -0.15) is 18.4 Å². The first kappa shape index (κ1) is 47.3. The van der Waals surface area contributed by atoms with Gasteiger partial charge in [-0.25, -0.2) is 40.0 Å². The summed E-state index contributed by atoms with van der Waals surface area (Å²) in [5.74, 6) is -1.45. The quantitative estimate of drug-likeness (QED) is 0.0973. The molecule has 0 bridgehead atoms. The highest BCUT2D eigenvalue weighted by Crippen LogP contribution is 2.47. The summed E-state index contributed by atoms with van der Waals surface area (Å²) in [5, 5.41) is 9.00. The molecule has 2 saturated carbocycles. The van der Waals surface area contributed by atoms with Crippen molar-refractivity contribution in [2.75, 3.05) is 0 Å². The summed E-state index contributed by atoms with van der Waals surface area (Å²) in [5.41, 5.74) is 1.68. The second kappa shape index (κ2) is 16.8. The first-order valence-electron chi connectivity index (χ1n) is 21.8. The van der Waals surface area contributed by atoms with Crippen LogP contribution >= 0.6 is 0 Å². The highest BCUT2D eigenvalue weighted by atomic mass is 32.2. The van der Waals surface area contributed by atoms with Gasteiger partial charge in [-0.3, -0.25) is 4.98 Å². The molecule has 6 aromatic rings. The molecule has 4 unspecified atom stereocenters. The number of nitrogens with zero attached hydrogens (tertiary/aromatic N) is 5. The Balaban J connectivity index is 1.04. The van der Waals surface area contributed by atoms with Gasteiger partial charge in [0.1, 0.15) is 29.1 Å². The minimum atomic E-state index is -4.68. The molecule has 4 atom stereocenters. The lowest BCUT2D eigenvalue weighted by Gasteiger charge is -2.26. The van der Waals surface area contributed by atoms with E-state index < -0.39 is 71.5 Å². The lowest BCUT2D eigenvalue weighted by atomic mass is 9.87. The van der Waals surface area contributed by atoms with E-state index in [9.17, 15) is 35.3 Å². The Morgan fingerprint density at radius 2 is 1.27 bits per heavy atom. The van der Waals surface area contributed by atoms with Gasteiger partial charge in [0.15, 0.2) is 0 Å². The Kier molecular flexibility index (Phi) is 12.1. The largest absolute Gasteiger partial charge is 0.433 e. The van der Waals surface area contributed by atoms with Crippen LogP contribution in [0.3, 0.4) is 0 Å². The minimum Gasteiger partial charge on any atom is -0.347 e. The third-order valence-corrected chi connectivity index (χ3v) is 16.5. The van der Waals surface area contributed by atoms with E-state index in [1.54, 1.807) is 32.2 Å². The van der Waals surface area contributed by atoms with Crippen molar-refractivity contribution in [3.8, 4) is 28.3 Å². The molecule has 2 N–H and O–H groups in total. The maximum Gasteiger partial charge on any atom is 0.433 e. The fraction of sp³-hybridized carbons (Fsp3) is 0.438. The van der Waals surface area contributed by atoms with Crippen LogP contribution in [0.25, 0.3) is 44.1 Å². The fourth-order valence-corrected chi connectivity index (χ4v) is 12.6. The van der Waals surface area contributed by atoms with Crippen LogP contribution in [0.4, 0.5) is 22.0 Å². The molecule has 2 aliphatic rings. The molecule has 8 rings (SSSR count). The Morgan fingerprint density at radius 3 is 1.73 bits per heavy atom. The van der Waals surface area contributed by atoms with Crippen molar-refractivity contribution in [3.63, 3.8) is 0 Å². The van der Waals surface area contributed by atoms with Gasteiger partial charge in [0, 0.05) is 94.0 Å². The van der Waals surface area contributed by atoms with E-state index in [-0.39, 0.29) is 28.2 Å². The van der Waals surface area contributed by atoms with Crippen LogP contribution in [0.2, 0.25) is 0 Å². The number of aromatic nitrogens is 4. The topological polar surface area (TPSA) is 152 Å². The van der Waals surface area contributed by atoms with Gasteiger partial charge in [-0.1, -0.05) is 40.7 Å². The van der Waals surface area contributed by atoms with E-state index in [0.29, 0.717) is 77.3 Å². The number of benzene rings is 2. The number of alkyl halides is 3. The Bertz CT molecular complexity index is 3110. The Labute approximate surface area is 381 Å². The second-order valence-electron chi connectivity index (χ2n) is 20.0. The molecule has 18 heteroatoms. The lowest BCUT2D eigenvalue weighted by Crippen LogP contribution is -2.31. The minimum absolute atomic E-state index is 0.0144. The van der Waals surface area contributed by atoms with Crippen LogP contribution in [0.1, 0.15) is 109 Å². The predicted octanol–water partition coefficient (Wildman–Crippen LogP) is 10.6. The van der Waals surface area contributed by atoms with Gasteiger partial charge in [0.2, 0.25) is 20.0 Å². The standard InChI is InChI=1S/C48H52F5N7O4S2/c1-27(57-65(61,62)33-11-12-33)39-24-60(43-18-35(41(50)16-37(39)43)30-9-13-45(56-22-30)48(51,52)53)26-47(6,7)19-31-14-44(31)66(63,64)58-28(2)38-23-59(25-46(3,4)5)42-17-34(40(49)15-36(38)42)29-8-10-32(20-54)55-21-29/h8-10,13,15-18,21-24,27-28,31,33,44,57-58H,11-12,14,19,25-26H2,1-7H3. The normalized spacial score (nSPS) is 18.2. The van der Waals surface area contributed by atoms with Crippen molar-refractivity contribution in [1.82, 2.24) is 28.5 Å².